The van der Waals surface area contributed by atoms with Gasteiger partial charge in [-0.3, -0.25) is 9.79 Å². The summed E-state index contributed by atoms with van der Waals surface area (Å²) in [6, 6.07) is 22.1. The third-order valence-corrected chi connectivity index (χ3v) is 4.91. The Morgan fingerprint density at radius 1 is 0.923 bits per heavy atom. The van der Waals surface area contributed by atoms with E-state index in [9.17, 15) is 4.79 Å². The fourth-order valence-electron chi connectivity index (χ4n) is 3.78. The highest BCUT2D eigenvalue weighted by Gasteiger charge is 2.36. The molecule has 5 rings (SSSR count). The van der Waals surface area contributed by atoms with Crippen LogP contribution in [0.2, 0.25) is 0 Å². The average Bonchev–Trinajstić information content (AvgIpc) is 3.24. The summed E-state index contributed by atoms with van der Waals surface area (Å²) in [7, 11) is 0. The molecular formula is C21H18ClN3O. The molecule has 0 saturated heterocycles. The second-order valence-electron chi connectivity index (χ2n) is 6.36. The average molecular weight is 364 g/mol. The zero-order valence-corrected chi connectivity index (χ0v) is 14.9. The molecule has 2 aliphatic heterocycles. The molecule has 0 fully saturated rings. The molecule has 3 aromatic carbocycles. The second-order valence-corrected chi connectivity index (χ2v) is 6.36. The Balaban J connectivity index is 0.00000168. The van der Waals surface area contributed by atoms with Gasteiger partial charge >= 0.3 is 0 Å². The molecule has 0 radical (unpaired) electrons. The Morgan fingerprint density at radius 2 is 1.65 bits per heavy atom. The quantitative estimate of drug-likeness (QED) is 0.656. The highest BCUT2D eigenvalue weighted by atomic mass is 35.5. The highest BCUT2D eigenvalue weighted by Crippen LogP contribution is 2.38. The SMILES string of the molecule is Cl.O=C(CN1C2=NCCN2c2ccccc21)c1cccc2ccccc12. The molecule has 3 aromatic rings. The first-order valence-electron chi connectivity index (χ1n) is 8.52. The Kier molecular flexibility index (Phi) is 4.13. The van der Waals surface area contributed by atoms with Crippen molar-refractivity contribution in [3.8, 4) is 0 Å². The number of carbonyl (C=O) groups is 1. The standard InChI is InChI=1S/C21H17N3O.ClH/c25-20(17-9-5-7-15-6-1-2-8-16(15)17)14-24-19-11-4-3-10-18(19)23-13-12-22-21(23)24;/h1-11H,12-14H2;1H. The number of hydrogen-bond acceptors (Lipinski definition) is 4. The van der Waals surface area contributed by atoms with Crippen LogP contribution in [0.15, 0.2) is 71.7 Å². The second kappa shape index (κ2) is 6.46. The van der Waals surface area contributed by atoms with Gasteiger partial charge in [0.2, 0.25) is 5.96 Å². The van der Waals surface area contributed by atoms with Gasteiger partial charge in [-0.2, -0.15) is 0 Å². The lowest BCUT2D eigenvalue weighted by atomic mass is 10.0. The maximum atomic E-state index is 13.1. The predicted octanol–water partition coefficient (Wildman–Crippen LogP) is 4.14. The molecule has 0 N–H and O–H groups in total. The summed E-state index contributed by atoms with van der Waals surface area (Å²) in [6.07, 6.45) is 0. The first kappa shape index (κ1) is 16.6. The third kappa shape index (κ3) is 2.45. The number of ketones is 1. The van der Waals surface area contributed by atoms with Crippen LogP contribution in [-0.4, -0.2) is 31.4 Å². The monoisotopic (exact) mass is 363 g/mol. The van der Waals surface area contributed by atoms with Crippen molar-refractivity contribution in [2.75, 3.05) is 29.4 Å². The summed E-state index contributed by atoms with van der Waals surface area (Å²) in [4.78, 5) is 22.0. The van der Waals surface area contributed by atoms with E-state index in [1.807, 2.05) is 59.5 Å². The van der Waals surface area contributed by atoms with Gasteiger partial charge in [0, 0.05) is 12.1 Å². The predicted molar refractivity (Wildman–Crippen MR) is 109 cm³/mol. The number of para-hydroxylation sites is 2. The first-order valence-corrected chi connectivity index (χ1v) is 8.52. The molecule has 26 heavy (non-hydrogen) atoms. The van der Waals surface area contributed by atoms with Gasteiger partial charge in [-0.15, -0.1) is 12.4 Å². The normalized spacial score (nSPS) is 14.7. The summed E-state index contributed by atoms with van der Waals surface area (Å²) < 4.78 is 0. The van der Waals surface area contributed by atoms with Crippen molar-refractivity contribution in [3.63, 3.8) is 0 Å². The molecule has 0 atom stereocenters. The number of aliphatic imine (C=N–C) groups is 1. The molecule has 5 heteroatoms. The molecule has 0 bridgehead atoms. The Hall–Kier alpha value is -2.85. The molecule has 2 aliphatic rings. The van der Waals surface area contributed by atoms with Gasteiger partial charge < -0.3 is 9.80 Å². The Morgan fingerprint density at radius 3 is 2.54 bits per heavy atom. The lowest BCUT2D eigenvalue weighted by molar-refractivity contribution is 0.100. The number of rotatable bonds is 3. The minimum atomic E-state index is 0. The Bertz CT molecular complexity index is 1030. The van der Waals surface area contributed by atoms with Crippen LogP contribution < -0.4 is 9.80 Å². The van der Waals surface area contributed by atoms with Gasteiger partial charge in [-0.25, -0.2) is 0 Å². The van der Waals surface area contributed by atoms with Gasteiger partial charge in [0.15, 0.2) is 5.78 Å². The smallest absolute Gasteiger partial charge is 0.206 e. The summed E-state index contributed by atoms with van der Waals surface area (Å²) >= 11 is 0. The van der Waals surface area contributed by atoms with Crippen LogP contribution in [-0.2, 0) is 0 Å². The van der Waals surface area contributed by atoms with Crippen LogP contribution in [0.5, 0.6) is 0 Å². The minimum Gasteiger partial charge on any atom is -0.308 e. The van der Waals surface area contributed by atoms with E-state index in [4.69, 9.17) is 0 Å². The van der Waals surface area contributed by atoms with E-state index in [1.165, 1.54) is 0 Å². The molecule has 2 heterocycles. The number of hydrogen-bond donors (Lipinski definition) is 0. The number of Topliss-reactive ketones (excluding diaryl/α,β-unsaturated/α-hetero) is 1. The van der Waals surface area contributed by atoms with Crippen LogP contribution in [0.4, 0.5) is 11.4 Å². The van der Waals surface area contributed by atoms with Crippen molar-refractivity contribution < 1.29 is 4.79 Å². The minimum absolute atomic E-state index is 0. The van der Waals surface area contributed by atoms with Gasteiger partial charge in [-0.1, -0.05) is 54.6 Å². The van der Waals surface area contributed by atoms with Crippen molar-refractivity contribution >= 4 is 46.3 Å². The molecule has 0 aromatic heterocycles. The molecule has 0 saturated carbocycles. The van der Waals surface area contributed by atoms with Crippen LogP contribution >= 0.6 is 12.4 Å². The van der Waals surface area contributed by atoms with Crippen molar-refractivity contribution in [2.45, 2.75) is 0 Å². The number of anilines is 2. The number of nitrogens with zero attached hydrogens (tertiary/aromatic N) is 3. The van der Waals surface area contributed by atoms with Crippen molar-refractivity contribution in [1.82, 2.24) is 0 Å². The lowest BCUT2D eigenvalue weighted by Gasteiger charge is -2.19. The number of carbonyl (C=O) groups excluding carboxylic acids is 1. The first-order chi connectivity index (χ1) is 12.3. The summed E-state index contributed by atoms with van der Waals surface area (Å²) in [6.45, 7) is 1.97. The molecule has 0 spiro atoms. The third-order valence-electron chi connectivity index (χ3n) is 4.91. The fraction of sp³-hybridized carbons (Fsp3) is 0.143. The van der Waals surface area contributed by atoms with Crippen molar-refractivity contribution in [3.05, 3.63) is 72.3 Å². The van der Waals surface area contributed by atoms with Crippen LogP contribution in [0.3, 0.4) is 0 Å². The summed E-state index contributed by atoms with van der Waals surface area (Å²) in [5.41, 5.74) is 2.98. The maximum Gasteiger partial charge on any atom is 0.206 e. The van der Waals surface area contributed by atoms with E-state index in [-0.39, 0.29) is 18.2 Å². The van der Waals surface area contributed by atoms with Crippen molar-refractivity contribution in [2.24, 2.45) is 4.99 Å². The van der Waals surface area contributed by atoms with Crippen LogP contribution in [0.25, 0.3) is 10.8 Å². The number of benzene rings is 3. The lowest BCUT2D eigenvalue weighted by Crippen LogP contribution is -2.38. The van der Waals surface area contributed by atoms with E-state index in [0.29, 0.717) is 6.54 Å². The largest absolute Gasteiger partial charge is 0.308 e. The van der Waals surface area contributed by atoms with Gasteiger partial charge in [0.1, 0.15) is 0 Å². The molecule has 0 amide bonds. The van der Waals surface area contributed by atoms with E-state index < -0.39 is 0 Å². The van der Waals surface area contributed by atoms with Gasteiger partial charge in [0.05, 0.1) is 24.5 Å². The summed E-state index contributed by atoms with van der Waals surface area (Å²) in [5.74, 6) is 1.01. The topological polar surface area (TPSA) is 35.9 Å². The van der Waals surface area contributed by atoms with Gasteiger partial charge in [0.25, 0.3) is 0 Å². The molecule has 130 valence electrons. The zero-order valence-electron chi connectivity index (χ0n) is 14.1. The number of halogens is 1. The van der Waals surface area contributed by atoms with Gasteiger partial charge in [-0.05, 0) is 22.9 Å². The van der Waals surface area contributed by atoms with E-state index in [0.717, 1.165) is 46.8 Å². The van der Waals surface area contributed by atoms with Crippen molar-refractivity contribution in [1.29, 1.82) is 0 Å². The molecule has 0 aliphatic carbocycles. The zero-order chi connectivity index (χ0) is 16.8. The van der Waals surface area contributed by atoms with E-state index in [1.54, 1.807) is 0 Å². The highest BCUT2D eigenvalue weighted by molar-refractivity contribution is 6.21. The molecular weight excluding hydrogens is 346 g/mol. The Labute approximate surface area is 158 Å². The number of fused-ring (bicyclic) bond motifs is 4. The van der Waals surface area contributed by atoms with E-state index >= 15 is 0 Å². The number of guanidine groups is 1. The van der Waals surface area contributed by atoms with E-state index in [2.05, 4.69) is 22.0 Å². The van der Waals surface area contributed by atoms with Crippen LogP contribution in [0, 0.1) is 0 Å². The molecule has 0 unspecified atom stereocenters. The van der Waals surface area contributed by atoms with Crippen LogP contribution in [0.1, 0.15) is 10.4 Å². The summed E-state index contributed by atoms with van der Waals surface area (Å²) in [5, 5.41) is 2.10. The molecule has 4 nitrogen and oxygen atoms in total. The maximum absolute atomic E-state index is 13.1. The fourth-order valence-corrected chi connectivity index (χ4v) is 3.78.